The molecule has 0 saturated heterocycles. The normalized spacial score (nSPS) is 11.2. The Morgan fingerprint density at radius 2 is 2.15 bits per heavy atom. The molecule has 0 unspecified atom stereocenters. The Labute approximate surface area is 122 Å². The number of methoxy groups -OCH3 is 1. The summed E-state index contributed by atoms with van der Waals surface area (Å²) in [5, 5.41) is 3.34. The van der Waals surface area contributed by atoms with Crippen molar-refractivity contribution in [3.63, 3.8) is 0 Å². The number of ether oxygens (including phenoxy) is 1. The van der Waals surface area contributed by atoms with E-state index >= 15 is 0 Å². The zero-order valence-corrected chi connectivity index (χ0v) is 12.9. The molecule has 1 aromatic rings. The quantitative estimate of drug-likeness (QED) is 0.668. The van der Waals surface area contributed by atoms with Crippen LogP contribution >= 0.6 is 0 Å². The molecule has 1 rings (SSSR count). The second-order valence-electron chi connectivity index (χ2n) is 5.19. The average molecular weight is 282 g/mol. The van der Waals surface area contributed by atoms with Crippen LogP contribution in [-0.4, -0.2) is 38.8 Å². The van der Waals surface area contributed by atoms with Gasteiger partial charge >= 0.3 is 0 Å². The molecule has 0 aromatic heterocycles. The first-order valence-corrected chi connectivity index (χ1v) is 7.32. The number of hydrogen-bond donors (Lipinski definition) is 1. The number of halogens is 1. The maximum Gasteiger partial charge on any atom is 0.127 e. The molecule has 1 N–H and O–H groups in total. The van der Waals surface area contributed by atoms with Crippen molar-refractivity contribution in [2.75, 3.05) is 33.9 Å². The summed E-state index contributed by atoms with van der Waals surface area (Å²) in [6.45, 7) is 6.22. The summed E-state index contributed by atoms with van der Waals surface area (Å²) in [6, 6.07) is 5.39. The van der Waals surface area contributed by atoms with Crippen molar-refractivity contribution in [3.8, 4) is 0 Å². The number of benzene rings is 1. The van der Waals surface area contributed by atoms with Crippen LogP contribution in [0.15, 0.2) is 18.2 Å². The van der Waals surface area contributed by atoms with Crippen molar-refractivity contribution in [3.05, 3.63) is 35.1 Å². The van der Waals surface area contributed by atoms with Crippen molar-refractivity contribution in [1.82, 2.24) is 10.2 Å². The van der Waals surface area contributed by atoms with Gasteiger partial charge in [-0.3, -0.25) is 0 Å². The van der Waals surface area contributed by atoms with Gasteiger partial charge in [0.15, 0.2) is 0 Å². The Kier molecular flexibility index (Phi) is 8.42. The van der Waals surface area contributed by atoms with E-state index in [-0.39, 0.29) is 5.82 Å². The van der Waals surface area contributed by atoms with Gasteiger partial charge in [0, 0.05) is 38.9 Å². The topological polar surface area (TPSA) is 24.5 Å². The highest BCUT2D eigenvalue weighted by Crippen LogP contribution is 2.13. The lowest BCUT2D eigenvalue weighted by atomic mass is 10.1. The molecule has 3 nitrogen and oxygen atoms in total. The highest BCUT2D eigenvalue weighted by molar-refractivity contribution is 5.25. The molecule has 0 bridgehead atoms. The van der Waals surface area contributed by atoms with Crippen LogP contribution in [0.3, 0.4) is 0 Å². The van der Waals surface area contributed by atoms with E-state index in [1.54, 1.807) is 13.2 Å². The fourth-order valence-electron chi connectivity index (χ4n) is 2.12. The van der Waals surface area contributed by atoms with Crippen LogP contribution in [0.1, 0.15) is 30.9 Å². The van der Waals surface area contributed by atoms with Crippen LogP contribution in [-0.2, 0) is 17.8 Å². The van der Waals surface area contributed by atoms with Crippen molar-refractivity contribution in [2.45, 2.75) is 32.9 Å². The Bertz CT molecular complexity index is 385. The van der Waals surface area contributed by atoms with Gasteiger partial charge in [0.05, 0.1) is 0 Å². The lowest BCUT2D eigenvalue weighted by Gasteiger charge is -2.17. The highest BCUT2D eigenvalue weighted by atomic mass is 19.1. The maximum atomic E-state index is 13.8. The van der Waals surface area contributed by atoms with Crippen molar-refractivity contribution in [1.29, 1.82) is 0 Å². The van der Waals surface area contributed by atoms with Crippen LogP contribution < -0.4 is 5.32 Å². The van der Waals surface area contributed by atoms with Gasteiger partial charge in [-0.1, -0.05) is 19.1 Å². The van der Waals surface area contributed by atoms with Gasteiger partial charge in [-0.15, -0.1) is 0 Å². The molecule has 0 aliphatic heterocycles. The monoisotopic (exact) mass is 282 g/mol. The number of rotatable bonds is 10. The van der Waals surface area contributed by atoms with Crippen molar-refractivity contribution < 1.29 is 9.13 Å². The summed E-state index contributed by atoms with van der Waals surface area (Å²) in [7, 11) is 3.71. The van der Waals surface area contributed by atoms with E-state index < -0.39 is 0 Å². The number of hydrogen-bond acceptors (Lipinski definition) is 3. The van der Waals surface area contributed by atoms with E-state index in [1.165, 1.54) is 0 Å². The maximum absolute atomic E-state index is 13.8. The minimum atomic E-state index is -0.122. The van der Waals surface area contributed by atoms with Crippen LogP contribution in [0.2, 0.25) is 0 Å². The Hall–Kier alpha value is -0.970. The zero-order valence-electron chi connectivity index (χ0n) is 12.9. The first-order valence-electron chi connectivity index (χ1n) is 7.32. The molecule has 4 heteroatoms. The van der Waals surface area contributed by atoms with Crippen LogP contribution in [0.5, 0.6) is 0 Å². The van der Waals surface area contributed by atoms with Gasteiger partial charge in [-0.2, -0.15) is 0 Å². The van der Waals surface area contributed by atoms with Crippen molar-refractivity contribution in [2.24, 2.45) is 0 Å². The SMILES string of the molecule is CCCNCc1ccc(F)c(CN(C)CCCOC)c1. The van der Waals surface area contributed by atoms with Gasteiger partial charge in [-0.25, -0.2) is 4.39 Å². The lowest BCUT2D eigenvalue weighted by molar-refractivity contribution is 0.178. The van der Waals surface area contributed by atoms with E-state index in [0.29, 0.717) is 6.54 Å². The van der Waals surface area contributed by atoms with Crippen LogP contribution in [0, 0.1) is 5.82 Å². The number of nitrogens with one attached hydrogen (secondary N) is 1. The molecule has 0 saturated carbocycles. The van der Waals surface area contributed by atoms with E-state index in [9.17, 15) is 4.39 Å². The predicted octanol–water partition coefficient (Wildman–Crippen LogP) is 2.79. The van der Waals surface area contributed by atoms with Gasteiger partial charge in [-0.05, 0) is 38.1 Å². The Morgan fingerprint density at radius 1 is 1.35 bits per heavy atom. The van der Waals surface area contributed by atoms with Gasteiger partial charge in [0.25, 0.3) is 0 Å². The predicted molar refractivity (Wildman–Crippen MR) is 81.2 cm³/mol. The molecule has 0 atom stereocenters. The van der Waals surface area contributed by atoms with Gasteiger partial charge < -0.3 is 15.0 Å². The second-order valence-corrected chi connectivity index (χ2v) is 5.19. The smallest absolute Gasteiger partial charge is 0.127 e. The number of nitrogens with zero attached hydrogens (tertiary/aromatic N) is 1. The van der Waals surface area contributed by atoms with E-state index in [2.05, 4.69) is 17.1 Å². The average Bonchev–Trinajstić information content (AvgIpc) is 2.43. The zero-order chi connectivity index (χ0) is 14.8. The summed E-state index contributed by atoms with van der Waals surface area (Å²) in [5.41, 5.74) is 1.90. The fourth-order valence-corrected chi connectivity index (χ4v) is 2.12. The minimum absolute atomic E-state index is 0.122. The third-order valence-corrected chi connectivity index (χ3v) is 3.19. The van der Waals surface area contributed by atoms with E-state index in [0.717, 1.165) is 50.2 Å². The standard InChI is InChI=1S/C16H27FN2O/c1-4-8-18-12-14-6-7-16(17)15(11-14)13-19(2)9-5-10-20-3/h6-7,11,18H,4-5,8-10,12-13H2,1-3H3. The third-order valence-electron chi connectivity index (χ3n) is 3.19. The fraction of sp³-hybridized carbons (Fsp3) is 0.625. The molecule has 0 amide bonds. The molecular formula is C16H27FN2O. The van der Waals surface area contributed by atoms with E-state index in [1.807, 2.05) is 19.2 Å². The Balaban J connectivity index is 2.52. The first kappa shape index (κ1) is 17.1. The molecule has 0 aliphatic carbocycles. The third kappa shape index (κ3) is 6.46. The summed E-state index contributed by atoms with van der Waals surface area (Å²) in [4.78, 5) is 2.13. The summed E-state index contributed by atoms with van der Waals surface area (Å²) in [6.07, 6.45) is 2.07. The molecule has 0 radical (unpaired) electrons. The lowest BCUT2D eigenvalue weighted by Crippen LogP contribution is -2.21. The highest BCUT2D eigenvalue weighted by Gasteiger charge is 2.07. The van der Waals surface area contributed by atoms with E-state index in [4.69, 9.17) is 4.74 Å². The van der Waals surface area contributed by atoms with Gasteiger partial charge in [0.2, 0.25) is 0 Å². The molecule has 0 heterocycles. The minimum Gasteiger partial charge on any atom is -0.385 e. The molecule has 20 heavy (non-hydrogen) atoms. The Morgan fingerprint density at radius 3 is 2.85 bits per heavy atom. The summed E-state index contributed by atoms with van der Waals surface area (Å²) < 4.78 is 18.9. The first-order chi connectivity index (χ1) is 9.67. The summed E-state index contributed by atoms with van der Waals surface area (Å²) in [5.74, 6) is -0.122. The molecular weight excluding hydrogens is 255 g/mol. The van der Waals surface area contributed by atoms with Gasteiger partial charge in [0.1, 0.15) is 5.82 Å². The van der Waals surface area contributed by atoms with Crippen LogP contribution in [0.25, 0.3) is 0 Å². The largest absolute Gasteiger partial charge is 0.385 e. The second kappa shape index (κ2) is 9.86. The molecule has 0 fully saturated rings. The van der Waals surface area contributed by atoms with Crippen LogP contribution in [0.4, 0.5) is 4.39 Å². The molecule has 0 aliphatic rings. The molecule has 0 spiro atoms. The summed E-state index contributed by atoms with van der Waals surface area (Å²) >= 11 is 0. The molecule has 114 valence electrons. The molecule has 1 aromatic carbocycles. The van der Waals surface area contributed by atoms with Crippen molar-refractivity contribution >= 4 is 0 Å².